The molecule has 0 aromatic heterocycles. The second-order valence-corrected chi connectivity index (χ2v) is 3.98. The van der Waals surface area contributed by atoms with Crippen molar-refractivity contribution < 1.29 is 9.18 Å². The Morgan fingerprint density at radius 1 is 1.35 bits per heavy atom. The van der Waals surface area contributed by atoms with Crippen LogP contribution < -0.4 is 10.7 Å². The fourth-order valence-electron chi connectivity index (χ4n) is 1.98. The number of benzene rings is 1. The molecule has 2 N–H and O–H groups in total. The highest BCUT2D eigenvalue weighted by atomic mass is 19.1. The maximum atomic E-state index is 13.7. The molecule has 0 saturated carbocycles. The molecule has 1 fully saturated rings. The second-order valence-electron chi connectivity index (χ2n) is 3.98. The summed E-state index contributed by atoms with van der Waals surface area (Å²) in [5.74, 6) is -0.276. The molecule has 1 aliphatic rings. The SMILES string of the molecule is NCCCN1C(=O)CCN1c1ccccc1F. The van der Waals surface area contributed by atoms with E-state index < -0.39 is 0 Å². The first-order valence-electron chi connectivity index (χ1n) is 5.76. The van der Waals surface area contributed by atoms with E-state index in [1.807, 2.05) is 0 Å². The third-order valence-corrected chi connectivity index (χ3v) is 2.82. The summed E-state index contributed by atoms with van der Waals surface area (Å²) in [5.41, 5.74) is 5.89. The Hall–Kier alpha value is -1.62. The van der Waals surface area contributed by atoms with Crippen LogP contribution in [0.1, 0.15) is 12.8 Å². The highest BCUT2D eigenvalue weighted by Crippen LogP contribution is 2.25. The third kappa shape index (κ3) is 2.39. The fourth-order valence-corrected chi connectivity index (χ4v) is 1.98. The maximum Gasteiger partial charge on any atom is 0.242 e. The smallest absolute Gasteiger partial charge is 0.242 e. The summed E-state index contributed by atoms with van der Waals surface area (Å²) in [7, 11) is 0. The van der Waals surface area contributed by atoms with Gasteiger partial charge in [-0.15, -0.1) is 0 Å². The molecule has 1 amide bonds. The van der Waals surface area contributed by atoms with Gasteiger partial charge in [0.05, 0.1) is 5.69 Å². The zero-order valence-corrected chi connectivity index (χ0v) is 9.60. The second kappa shape index (κ2) is 5.14. The van der Waals surface area contributed by atoms with Crippen LogP contribution in [-0.2, 0) is 4.79 Å². The minimum absolute atomic E-state index is 0.0294. The lowest BCUT2D eigenvalue weighted by atomic mass is 10.3. The van der Waals surface area contributed by atoms with Crippen LogP contribution in [0.25, 0.3) is 0 Å². The molecule has 0 atom stereocenters. The Kier molecular flexibility index (Phi) is 3.58. The van der Waals surface area contributed by atoms with E-state index in [2.05, 4.69) is 0 Å². The van der Waals surface area contributed by atoms with Crippen molar-refractivity contribution in [3.05, 3.63) is 30.1 Å². The number of carbonyl (C=O) groups is 1. The van der Waals surface area contributed by atoms with Crippen molar-refractivity contribution in [2.75, 3.05) is 24.6 Å². The van der Waals surface area contributed by atoms with Crippen LogP contribution in [0.5, 0.6) is 0 Å². The predicted octanol–water partition coefficient (Wildman–Crippen LogP) is 1.13. The topological polar surface area (TPSA) is 49.6 Å². The third-order valence-electron chi connectivity index (χ3n) is 2.82. The molecule has 0 aliphatic carbocycles. The van der Waals surface area contributed by atoms with Gasteiger partial charge in [-0.2, -0.15) is 0 Å². The number of hydrogen-bond donors (Lipinski definition) is 1. The lowest BCUT2D eigenvalue weighted by Crippen LogP contribution is -2.40. The van der Waals surface area contributed by atoms with E-state index in [0.29, 0.717) is 31.7 Å². The van der Waals surface area contributed by atoms with Crippen LogP contribution in [0.3, 0.4) is 0 Å². The molecule has 17 heavy (non-hydrogen) atoms. The van der Waals surface area contributed by atoms with Crippen molar-refractivity contribution >= 4 is 11.6 Å². The number of para-hydroxylation sites is 1. The minimum Gasteiger partial charge on any atom is -0.330 e. The van der Waals surface area contributed by atoms with Crippen LogP contribution in [0.2, 0.25) is 0 Å². The van der Waals surface area contributed by atoms with Gasteiger partial charge in [-0.1, -0.05) is 12.1 Å². The number of amides is 1. The lowest BCUT2D eigenvalue weighted by Gasteiger charge is -2.29. The molecule has 1 aliphatic heterocycles. The van der Waals surface area contributed by atoms with Gasteiger partial charge in [0.15, 0.2) is 0 Å². The number of nitrogens with two attached hydrogens (primary N) is 1. The normalized spacial score (nSPS) is 15.8. The zero-order valence-electron chi connectivity index (χ0n) is 9.60. The van der Waals surface area contributed by atoms with Gasteiger partial charge in [-0.3, -0.25) is 14.8 Å². The fraction of sp³-hybridized carbons (Fsp3) is 0.417. The van der Waals surface area contributed by atoms with Gasteiger partial charge in [-0.25, -0.2) is 4.39 Å². The monoisotopic (exact) mass is 237 g/mol. The van der Waals surface area contributed by atoms with Gasteiger partial charge in [0, 0.05) is 19.5 Å². The summed E-state index contributed by atoms with van der Waals surface area (Å²) in [4.78, 5) is 11.7. The van der Waals surface area contributed by atoms with E-state index in [0.717, 1.165) is 6.42 Å². The maximum absolute atomic E-state index is 13.7. The molecule has 0 spiro atoms. The Balaban J connectivity index is 2.19. The molecular formula is C12H16FN3O. The molecule has 1 heterocycles. The molecule has 0 radical (unpaired) electrons. The van der Waals surface area contributed by atoms with E-state index in [4.69, 9.17) is 5.73 Å². The van der Waals surface area contributed by atoms with Gasteiger partial charge in [0.1, 0.15) is 5.82 Å². The molecule has 0 bridgehead atoms. The molecule has 1 aromatic rings. The zero-order chi connectivity index (χ0) is 12.3. The van der Waals surface area contributed by atoms with Crippen molar-refractivity contribution in [1.29, 1.82) is 0 Å². The van der Waals surface area contributed by atoms with Crippen molar-refractivity contribution in [3.8, 4) is 0 Å². The minimum atomic E-state index is -0.306. The average Bonchev–Trinajstić information content (AvgIpc) is 2.69. The van der Waals surface area contributed by atoms with Crippen molar-refractivity contribution in [2.45, 2.75) is 12.8 Å². The van der Waals surface area contributed by atoms with Crippen molar-refractivity contribution in [1.82, 2.24) is 5.01 Å². The van der Waals surface area contributed by atoms with E-state index in [9.17, 15) is 9.18 Å². The number of hydrogen-bond acceptors (Lipinski definition) is 3. The molecule has 1 saturated heterocycles. The lowest BCUT2D eigenvalue weighted by molar-refractivity contribution is -0.128. The summed E-state index contributed by atoms with van der Waals surface area (Å²) < 4.78 is 13.7. The molecule has 4 nitrogen and oxygen atoms in total. The van der Waals surface area contributed by atoms with E-state index in [1.165, 1.54) is 6.07 Å². The van der Waals surface area contributed by atoms with Gasteiger partial charge in [0.2, 0.25) is 5.91 Å². The molecular weight excluding hydrogens is 221 g/mol. The highest BCUT2D eigenvalue weighted by Gasteiger charge is 2.29. The summed E-state index contributed by atoms with van der Waals surface area (Å²) in [5, 5.41) is 3.29. The Morgan fingerprint density at radius 3 is 2.82 bits per heavy atom. The first-order valence-corrected chi connectivity index (χ1v) is 5.76. The summed E-state index contributed by atoms with van der Waals surface area (Å²) in [6.45, 7) is 1.60. The molecule has 1 aromatic carbocycles. The van der Waals surface area contributed by atoms with E-state index in [1.54, 1.807) is 28.2 Å². The number of halogens is 1. The average molecular weight is 237 g/mol. The summed E-state index contributed by atoms with van der Waals surface area (Å²) in [6.07, 6.45) is 1.15. The number of hydrazine groups is 1. The van der Waals surface area contributed by atoms with Crippen LogP contribution >= 0.6 is 0 Å². The first kappa shape index (κ1) is 11.9. The summed E-state index contributed by atoms with van der Waals surface area (Å²) >= 11 is 0. The van der Waals surface area contributed by atoms with Crippen LogP contribution in [-0.4, -0.2) is 30.6 Å². The van der Waals surface area contributed by atoms with E-state index >= 15 is 0 Å². The van der Waals surface area contributed by atoms with Gasteiger partial charge >= 0.3 is 0 Å². The van der Waals surface area contributed by atoms with E-state index in [-0.39, 0.29) is 11.7 Å². The predicted molar refractivity (Wildman–Crippen MR) is 63.7 cm³/mol. The standard InChI is InChI=1S/C12H16FN3O/c13-10-4-1-2-5-11(10)15-9-6-12(17)16(15)8-3-7-14/h1-2,4-5H,3,6-9,14H2. The van der Waals surface area contributed by atoms with Gasteiger partial charge in [-0.05, 0) is 25.1 Å². The Bertz CT molecular complexity index is 410. The molecule has 0 unspecified atom stereocenters. The van der Waals surface area contributed by atoms with Crippen LogP contribution in [0, 0.1) is 5.82 Å². The Labute approximate surface area is 99.8 Å². The van der Waals surface area contributed by atoms with Crippen molar-refractivity contribution in [3.63, 3.8) is 0 Å². The quantitative estimate of drug-likeness (QED) is 0.854. The number of carbonyl (C=O) groups excluding carboxylic acids is 1. The van der Waals surface area contributed by atoms with Crippen molar-refractivity contribution in [2.24, 2.45) is 5.73 Å². The number of nitrogens with zero attached hydrogens (tertiary/aromatic N) is 2. The molecule has 5 heteroatoms. The van der Waals surface area contributed by atoms with Gasteiger partial charge in [0.25, 0.3) is 0 Å². The van der Waals surface area contributed by atoms with Crippen LogP contribution in [0.4, 0.5) is 10.1 Å². The summed E-state index contributed by atoms with van der Waals surface area (Å²) in [6, 6.07) is 6.49. The molecule has 2 rings (SSSR count). The highest BCUT2D eigenvalue weighted by molar-refractivity contribution is 5.81. The Morgan fingerprint density at radius 2 is 2.12 bits per heavy atom. The first-order chi connectivity index (χ1) is 8.24. The number of rotatable bonds is 4. The molecule has 92 valence electrons. The number of anilines is 1. The van der Waals surface area contributed by atoms with Crippen LogP contribution in [0.15, 0.2) is 24.3 Å². The largest absolute Gasteiger partial charge is 0.330 e. The van der Waals surface area contributed by atoms with Gasteiger partial charge < -0.3 is 5.73 Å².